The number of hydrogen-bond acceptors (Lipinski definition) is 3. The van der Waals surface area contributed by atoms with E-state index in [0.29, 0.717) is 30.1 Å². The van der Waals surface area contributed by atoms with E-state index in [1.807, 2.05) is 13.8 Å². The number of amides is 2. The van der Waals surface area contributed by atoms with Crippen LogP contribution in [0.1, 0.15) is 36.2 Å². The van der Waals surface area contributed by atoms with Gasteiger partial charge < -0.3 is 16.4 Å². The predicted molar refractivity (Wildman–Crippen MR) is 100 cm³/mol. The molecule has 0 aliphatic carbocycles. The molecule has 0 aromatic heterocycles. The molecule has 0 aliphatic rings. The van der Waals surface area contributed by atoms with Crippen molar-refractivity contribution < 1.29 is 14.0 Å². The third kappa shape index (κ3) is 5.97. The number of anilines is 1. The van der Waals surface area contributed by atoms with Crippen molar-refractivity contribution in [3.63, 3.8) is 0 Å². The van der Waals surface area contributed by atoms with Gasteiger partial charge in [-0.2, -0.15) is 0 Å². The summed E-state index contributed by atoms with van der Waals surface area (Å²) in [7, 11) is 0. The van der Waals surface area contributed by atoms with Crippen molar-refractivity contribution >= 4 is 17.5 Å². The molecule has 0 radical (unpaired) electrons. The number of halogens is 1. The first kappa shape index (κ1) is 19.6. The highest BCUT2D eigenvalue weighted by Crippen LogP contribution is 2.12. The Kier molecular flexibility index (Phi) is 6.86. The van der Waals surface area contributed by atoms with Crippen LogP contribution in [0.2, 0.25) is 0 Å². The van der Waals surface area contributed by atoms with E-state index in [-0.39, 0.29) is 17.6 Å². The molecule has 2 aromatic carbocycles. The van der Waals surface area contributed by atoms with Gasteiger partial charge in [0.25, 0.3) is 5.91 Å². The minimum atomic E-state index is -0.561. The summed E-state index contributed by atoms with van der Waals surface area (Å²) in [6, 6.07) is 12.0. The number of benzene rings is 2. The zero-order valence-electron chi connectivity index (χ0n) is 15.0. The van der Waals surface area contributed by atoms with E-state index in [9.17, 15) is 14.0 Å². The Labute approximate surface area is 152 Å². The van der Waals surface area contributed by atoms with Crippen molar-refractivity contribution in [1.82, 2.24) is 5.32 Å². The summed E-state index contributed by atoms with van der Waals surface area (Å²) >= 11 is 0. The summed E-state index contributed by atoms with van der Waals surface area (Å²) < 4.78 is 12.9. The fourth-order valence-corrected chi connectivity index (χ4v) is 2.44. The van der Waals surface area contributed by atoms with Crippen LogP contribution >= 0.6 is 0 Å². The Bertz CT molecular complexity index is 743. The molecule has 1 atom stereocenters. The fraction of sp³-hybridized carbons (Fsp3) is 0.300. The lowest BCUT2D eigenvalue weighted by molar-refractivity contribution is -0.117. The van der Waals surface area contributed by atoms with Gasteiger partial charge in [-0.25, -0.2) is 4.39 Å². The van der Waals surface area contributed by atoms with Gasteiger partial charge in [0.1, 0.15) is 5.82 Å². The topological polar surface area (TPSA) is 84.2 Å². The lowest BCUT2D eigenvalue weighted by Gasteiger charge is -2.14. The highest BCUT2D eigenvalue weighted by Gasteiger charge is 2.15. The van der Waals surface area contributed by atoms with Crippen molar-refractivity contribution in [3.8, 4) is 0 Å². The van der Waals surface area contributed by atoms with E-state index >= 15 is 0 Å². The molecule has 0 heterocycles. The Morgan fingerprint density at radius 1 is 1.04 bits per heavy atom. The zero-order chi connectivity index (χ0) is 19.1. The van der Waals surface area contributed by atoms with Crippen LogP contribution in [0.4, 0.5) is 10.1 Å². The summed E-state index contributed by atoms with van der Waals surface area (Å²) in [5, 5.41) is 5.51. The van der Waals surface area contributed by atoms with Gasteiger partial charge in [0.05, 0.1) is 6.04 Å². The Morgan fingerprint density at radius 2 is 1.65 bits per heavy atom. The minimum absolute atomic E-state index is 0.243. The SMILES string of the molecule is CC(C)C[C@H](N)C(=O)Nc1ccc(C(=O)NCc2ccc(F)cc2)cc1. The normalized spacial score (nSPS) is 11.9. The second kappa shape index (κ2) is 9.10. The summed E-state index contributed by atoms with van der Waals surface area (Å²) in [5.41, 5.74) is 7.71. The van der Waals surface area contributed by atoms with Crippen molar-refractivity contribution in [2.75, 3.05) is 5.32 Å². The fourth-order valence-electron chi connectivity index (χ4n) is 2.44. The van der Waals surface area contributed by atoms with Gasteiger partial charge in [-0.3, -0.25) is 9.59 Å². The third-order valence-electron chi connectivity index (χ3n) is 3.84. The molecule has 0 fully saturated rings. The van der Waals surface area contributed by atoms with Crippen LogP contribution in [0.25, 0.3) is 0 Å². The van der Waals surface area contributed by atoms with E-state index in [1.165, 1.54) is 12.1 Å². The average molecular weight is 357 g/mol. The molecule has 138 valence electrons. The molecule has 0 saturated heterocycles. The molecule has 0 aliphatic heterocycles. The number of carbonyl (C=O) groups excluding carboxylic acids is 2. The molecule has 2 aromatic rings. The molecular formula is C20H24FN3O2. The molecular weight excluding hydrogens is 333 g/mol. The van der Waals surface area contributed by atoms with Crippen LogP contribution < -0.4 is 16.4 Å². The summed E-state index contributed by atoms with van der Waals surface area (Å²) in [5.74, 6) is -0.468. The van der Waals surface area contributed by atoms with Gasteiger partial charge in [-0.15, -0.1) is 0 Å². The van der Waals surface area contributed by atoms with Crippen LogP contribution in [0.3, 0.4) is 0 Å². The smallest absolute Gasteiger partial charge is 0.251 e. The van der Waals surface area contributed by atoms with Crippen LogP contribution in [-0.4, -0.2) is 17.9 Å². The maximum atomic E-state index is 12.9. The first-order valence-electron chi connectivity index (χ1n) is 8.54. The van der Waals surface area contributed by atoms with Crippen molar-refractivity contribution in [1.29, 1.82) is 0 Å². The third-order valence-corrected chi connectivity index (χ3v) is 3.84. The maximum Gasteiger partial charge on any atom is 0.251 e. The average Bonchev–Trinajstić information content (AvgIpc) is 2.61. The Hall–Kier alpha value is -2.73. The first-order chi connectivity index (χ1) is 12.3. The number of carbonyl (C=O) groups is 2. The molecule has 0 spiro atoms. The predicted octanol–water partition coefficient (Wildman–Crippen LogP) is 3.07. The van der Waals surface area contributed by atoms with E-state index in [0.717, 1.165) is 5.56 Å². The molecule has 0 saturated carbocycles. The van der Waals surface area contributed by atoms with Crippen molar-refractivity contribution in [2.24, 2.45) is 11.7 Å². The first-order valence-corrected chi connectivity index (χ1v) is 8.54. The molecule has 5 nitrogen and oxygen atoms in total. The maximum absolute atomic E-state index is 12.9. The standard InChI is InChI=1S/C20H24FN3O2/c1-13(2)11-18(22)20(26)24-17-9-5-15(6-10-17)19(25)23-12-14-3-7-16(21)8-4-14/h3-10,13,18H,11-12,22H2,1-2H3,(H,23,25)(H,24,26)/t18-/m0/s1. The zero-order valence-corrected chi connectivity index (χ0v) is 15.0. The minimum Gasteiger partial charge on any atom is -0.348 e. The van der Waals surface area contributed by atoms with Gasteiger partial charge in [0.15, 0.2) is 0 Å². The molecule has 4 N–H and O–H groups in total. The number of hydrogen-bond donors (Lipinski definition) is 3. The highest BCUT2D eigenvalue weighted by molar-refractivity contribution is 5.97. The van der Waals surface area contributed by atoms with Crippen LogP contribution in [0.5, 0.6) is 0 Å². The summed E-state index contributed by atoms with van der Waals surface area (Å²) in [6.07, 6.45) is 0.607. The Balaban J connectivity index is 1.88. The van der Waals surface area contributed by atoms with Gasteiger partial charge in [-0.1, -0.05) is 26.0 Å². The van der Waals surface area contributed by atoms with E-state index in [4.69, 9.17) is 5.73 Å². The van der Waals surface area contributed by atoms with Gasteiger partial charge in [0, 0.05) is 17.8 Å². The van der Waals surface area contributed by atoms with Gasteiger partial charge in [0.2, 0.25) is 5.91 Å². The molecule has 2 rings (SSSR count). The van der Waals surface area contributed by atoms with E-state index < -0.39 is 6.04 Å². The van der Waals surface area contributed by atoms with Crippen LogP contribution in [0.15, 0.2) is 48.5 Å². The van der Waals surface area contributed by atoms with E-state index in [1.54, 1.807) is 36.4 Å². The lowest BCUT2D eigenvalue weighted by Crippen LogP contribution is -2.36. The second-order valence-electron chi connectivity index (χ2n) is 6.61. The molecule has 0 unspecified atom stereocenters. The number of nitrogens with one attached hydrogen (secondary N) is 2. The second-order valence-corrected chi connectivity index (χ2v) is 6.61. The lowest BCUT2D eigenvalue weighted by atomic mass is 10.0. The van der Waals surface area contributed by atoms with E-state index in [2.05, 4.69) is 10.6 Å². The van der Waals surface area contributed by atoms with Crippen molar-refractivity contribution in [2.45, 2.75) is 32.9 Å². The largest absolute Gasteiger partial charge is 0.348 e. The number of rotatable bonds is 7. The summed E-state index contributed by atoms with van der Waals surface area (Å²) in [4.78, 5) is 24.2. The highest BCUT2D eigenvalue weighted by atomic mass is 19.1. The number of nitrogens with two attached hydrogens (primary N) is 1. The van der Waals surface area contributed by atoms with Crippen LogP contribution in [0, 0.1) is 11.7 Å². The Morgan fingerprint density at radius 3 is 2.23 bits per heavy atom. The van der Waals surface area contributed by atoms with Gasteiger partial charge >= 0.3 is 0 Å². The monoisotopic (exact) mass is 357 g/mol. The van der Waals surface area contributed by atoms with Crippen molar-refractivity contribution in [3.05, 3.63) is 65.5 Å². The molecule has 26 heavy (non-hydrogen) atoms. The summed E-state index contributed by atoms with van der Waals surface area (Å²) in [6.45, 7) is 4.32. The quantitative estimate of drug-likeness (QED) is 0.712. The van der Waals surface area contributed by atoms with Crippen LogP contribution in [-0.2, 0) is 11.3 Å². The van der Waals surface area contributed by atoms with Gasteiger partial charge in [-0.05, 0) is 54.3 Å². The molecule has 0 bridgehead atoms. The molecule has 6 heteroatoms. The molecule has 2 amide bonds.